The fourth-order valence-corrected chi connectivity index (χ4v) is 4.44. The van der Waals surface area contributed by atoms with Gasteiger partial charge in [-0.1, -0.05) is 67.2 Å². The van der Waals surface area contributed by atoms with Crippen LogP contribution in [0.2, 0.25) is 0 Å². The Kier molecular flexibility index (Phi) is 6.14. The molecule has 0 radical (unpaired) electrons. The summed E-state index contributed by atoms with van der Waals surface area (Å²) in [5.74, 6) is -0.208. The van der Waals surface area contributed by atoms with E-state index >= 15 is 0 Å². The van der Waals surface area contributed by atoms with Gasteiger partial charge in [0.25, 0.3) is 0 Å². The average Bonchev–Trinajstić information content (AvgIpc) is 3.19. The molecule has 2 aromatic heterocycles. The van der Waals surface area contributed by atoms with Crippen LogP contribution in [0.5, 0.6) is 0 Å². The number of carbonyl (C=O) groups excluding carboxylic acids is 1. The highest BCUT2D eigenvalue weighted by Crippen LogP contribution is 2.38. The summed E-state index contributed by atoms with van der Waals surface area (Å²) in [4.78, 5) is 21.6. The van der Waals surface area contributed by atoms with Crippen LogP contribution in [-0.2, 0) is 9.53 Å². The van der Waals surface area contributed by atoms with Crippen LogP contribution in [0.15, 0.2) is 78.2 Å². The van der Waals surface area contributed by atoms with E-state index in [1.807, 2.05) is 50.2 Å². The molecule has 2 heterocycles. The Morgan fingerprint density at radius 2 is 1.73 bits per heavy atom. The summed E-state index contributed by atoms with van der Waals surface area (Å²) in [6.45, 7) is 4.18. The Labute approximate surface area is 180 Å². The molecule has 0 unspecified atom stereocenters. The second kappa shape index (κ2) is 9.13. The van der Waals surface area contributed by atoms with Crippen LogP contribution in [0.4, 0.5) is 0 Å². The van der Waals surface area contributed by atoms with Crippen LogP contribution in [0.3, 0.4) is 0 Å². The predicted octanol–water partition coefficient (Wildman–Crippen LogP) is 5.52. The number of carbonyl (C=O) groups is 1. The maximum atomic E-state index is 12.4. The maximum Gasteiger partial charge on any atom is 0.319 e. The molecule has 4 aromatic rings. The van der Waals surface area contributed by atoms with E-state index in [4.69, 9.17) is 4.74 Å². The zero-order valence-electron chi connectivity index (χ0n) is 17.0. The number of thioether (sulfide) groups is 1. The number of benzene rings is 2. The Hall–Kier alpha value is -3.12. The monoisotopic (exact) mass is 417 g/mol. The molecule has 30 heavy (non-hydrogen) atoms. The molecule has 0 N–H and O–H groups in total. The van der Waals surface area contributed by atoms with E-state index in [0.29, 0.717) is 13.0 Å². The fraction of sp³-hybridized carbons (Fsp3) is 0.208. The van der Waals surface area contributed by atoms with Crippen LogP contribution in [0.1, 0.15) is 20.3 Å². The summed E-state index contributed by atoms with van der Waals surface area (Å²) in [5.41, 5.74) is 3.96. The molecule has 4 rings (SSSR count). The lowest BCUT2D eigenvalue weighted by Gasteiger charge is -2.13. The lowest BCUT2D eigenvalue weighted by atomic mass is 10.1. The van der Waals surface area contributed by atoms with Crippen LogP contribution in [0, 0.1) is 0 Å². The van der Waals surface area contributed by atoms with Crippen molar-refractivity contribution in [1.82, 2.24) is 14.5 Å². The smallest absolute Gasteiger partial charge is 0.319 e. The van der Waals surface area contributed by atoms with Crippen LogP contribution in [0.25, 0.3) is 27.8 Å². The molecule has 0 aliphatic carbocycles. The molecule has 0 spiro atoms. The van der Waals surface area contributed by atoms with Crippen molar-refractivity contribution in [3.05, 3.63) is 73.2 Å². The molecule has 0 bridgehead atoms. The SMILES string of the molecule is CCOC(=O)[C@H](CC)Sc1ncnc2c1c(-c1ccccc1)cn2-c1ccccc1. The standard InChI is InChI=1S/C24H23N3O2S/c1-3-20(24(28)29-4-2)30-23-21-19(17-11-7-5-8-12-17)15-27(22(21)25-16-26-23)18-13-9-6-10-14-18/h5-16,20H,3-4H2,1-2H3/t20-/m0/s1. The number of esters is 1. The van der Waals surface area contributed by atoms with Crippen molar-refractivity contribution < 1.29 is 9.53 Å². The van der Waals surface area contributed by atoms with E-state index in [1.54, 1.807) is 6.33 Å². The van der Waals surface area contributed by atoms with Crippen molar-refractivity contribution >= 4 is 28.8 Å². The van der Waals surface area contributed by atoms with Gasteiger partial charge < -0.3 is 9.30 Å². The highest BCUT2D eigenvalue weighted by Gasteiger charge is 2.24. The van der Waals surface area contributed by atoms with Gasteiger partial charge in [-0.05, 0) is 31.0 Å². The van der Waals surface area contributed by atoms with E-state index in [1.165, 1.54) is 11.8 Å². The number of aromatic nitrogens is 3. The fourth-order valence-electron chi connectivity index (χ4n) is 3.41. The summed E-state index contributed by atoms with van der Waals surface area (Å²) in [6.07, 6.45) is 4.32. The van der Waals surface area contributed by atoms with Gasteiger partial charge in [-0.15, -0.1) is 0 Å². The molecule has 6 heteroatoms. The number of para-hydroxylation sites is 1. The summed E-state index contributed by atoms with van der Waals surface area (Å²) >= 11 is 1.44. The van der Waals surface area contributed by atoms with Crippen molar-refractivity contribution in [2.45, 2.75) is 30.5 Å². The third-order valence-corrected chi connectivity index (χ3v) is 6.18. The number of ether oxygens (including phenoxy) is 1. The first-order chi connectivity index (χ1) is 14.7. The Balaban J connectivity index is 1.90. The first kappa shape index (κ1) is 20.2. The number of hydrogen-bond donors (Lipinski definition) is 0. The number of fused-ring (bicyclic) bond motifs is 1. The molecular formula is C24H23N3O2S. The predicted molar refractivity (Wildman–Crippen MR) is 121 cm³/mol. The lowest BCUT2D eigenvalue weighted by Crippen LogP contribution is -2.19. The van der Waals surface area contributed by atoms with Gasteiger partial charge in [0.2, 0.25) is 0 Å². The first-order valence-corrected chi connectivity index (χ1v) is 10.9. The normalized spacial score (nSPS) is 12.1. The van der Waals surface area contributed by atoms with E-state index in [0.717, 1.165) is 32.9 Å². The van der Waals surface area contributed by atoms with Crippen LogP contribution in [-0.4, -0.2) is 32.4 Å². The molecule has 0 fully saturated rings. The lowest BCUT2D eigenvalue weighted by molar-refractivity contribution is -0.142. The van der Waals surface area contributed by atoms with Gasteiger partial charge in [0.05, 0.1) is 12.0 Å². The topological polar surface area (TPSA) is 57.0 Å². The average molecular weight is 418 g/mol. The molecule has 1 atom stereocenters. The largest absolute Gasteiger partial charge is 0.465 e. The molecule has 0 saturated carbocycles. The second-order valence-corrected chi connectivity index (χ2v) is 7.95. The van der Waals surface area contributed by atoms with Crippen molar-refractivity contribution in [3.63, 3.8) is 0 Å². The zero-order valence-corrected chi connectivity index (χ0v) is 17.8. The van der Waals surface area contributed by atoms with Crippen molar-refractivity contribution in [2.75, 3.05) is 6.61 Å². The number of rotatable bonds is 7. The van der Waals surface area contributed by atoms with E-state index in [2.05, 4.69) is 45.0 Å². The van der Waals surface area contributed by atoms with E-state index in [-0.39, 0.29) is 11.2 Å². The molecule has 0 saturated heterocycles. The molecule has 5 nitrogen and oxygen atoms in total. The number of nitrogens with zero attached hydrogens (tertiary/aromatic N) is 3. The van der Waals surface area contributed by atoms with Gasteiger partial charge in [0, 0.05) is 17.4 Å². The van der Waals surface area contributed by atoms with Crippen molar-refractivity contribution in [2.24, 2.45) is 0 Å². The molecule has 0 aliphatic heterocycles. The third-order valence-electron chi connectivity index (χ3n) is 4.84. The molecular weight excluding hydrogens is 394 g/mol. The minimum atomic E-state index is -0.313. The Morgan fingerprint density at radius 1 is 1.03 bits per heavy atom. The minimum absolute atomic E-state index is 0.208. The third kappa shape index (κ3) is 3.96. The molecule has 2 aromatic carbocycles. The summed E-state index contributed by atoms with van der Waals surface area (Å²) in [5, 5.41) is 1.42. The van der Waals surface area contributed by atoms with E-state index < -0.39 is 0 Å². The van der Waals surface area contributed by atoms with Gasteiger partial charge >= 0.3 is 5.97 Å². The van der Waals surface area contributed by atoms with Crippen molar-refractivity contribution in [3.8, 4) is 16.8 Å². The highest BCUT2D eigenvalue weighted by molar-refractivity contribution is 8.00. The van der Waals surface area contributed by atoms with Crippen molar-refractivity contribution in [1.29, 1.82) is 0 Å². The second-order valence-electron chi connectivity index (χ2n) is 6.76. The quantitative estimate of drug-likeness (QED) is 0.225. The Morgan fingerprint density at radius 3 is 2.40 bits per heavy atom. The summed E-state index contributed by atoms with van der Waals surface area (Å²) in [6, 6.07) is 20.3. The summed E-state index contributed by atoms with van der Waals surface area (Å²) in [7, 11) is 0. The molecule has 0 amide bonds. The Bertz CT molecular complexity index is 1140. The summed E-state index contributed by atoms with van der Waals surface area (Å²) < 4.78 is 7.34. The van der Waals surface area contributed by atoms with Crippen LogP contribution < -0.4 is 0 Å². The van der Waals surface area contributed by atoms with Gasteiger partial charge in [-0.2, -0.15) is 0 Å². The van der Waals surface area contributed by atoms with Gasteiger partial charge in [-0.3, -0.25) is 4.79 Å². The van der Waals surface area contributed by atoms with Gasteiger partial charge in [0.1, 0.15) is 22.3 Å². The zero-order chi connectivity index (χ0) is 20.9. The highest BCUT2D eigenvalue weighted by atomic mass is 32.2. The van der Waals surface area contributed by atoms with Gasteiger partial charge in [-0.25, -0.2) is 9.97 Å². The van der Waals surface area contributed by atoms with Gasteiger partial charge in [0.15, 0.2) is 0 Å². The number of hydrogen-bond acceptors (Lipinski definition) is 5. The van der Waals surface area contributed by atoms with E-state index in [9.17, 15) is 4.79 Å². The molecule has 0 aliphatic rings. The van der Waals surface area contributed by atoms with Crippen LogP contribution >= 0.6 is 11.8 Å². The molecule has 152 valence electrons. The minimum Gasteiger partial charge on any atom is -0.465 e. The maximum absolute atomic E-state index is 12.4. The first-order valence-electron chi connectivity index (χ1n) is 10.0.